The Morgan fingerprint density at radius 2 is 2.15 bits per heavy atom. The van der Waals surface area contributed by atoms with Gasteiger partial charge in [0.15, 0.2) is 0 Å². The van der Waals surface area contributed by atoms with Crippen LogP contribution in [0.25, 0.3) is 0 Å². The average molecular weight is 303 g/mol. The Hall–Kier alpha value is -1.66. The van der Waals surface area contributed by atoms with Crippen molar-refractivity contribution >= 4 is 23.4 Å². The predicted octanol–water partition coefficient (Wildman–Crippen LogP) is 1.31. The van der Waals surface area contributed by atoms with E-state index in [4.69, 9.17) is 16.3 Å². The standard InChI is InChI=1S/C13H16ClFN2O3/c1-17(8-12(18)16-5-6-20-2)13(19)10-4-3-9(14)7-11(10)15/h3-4,7H,5-6,8H2,1-2H3,(H,16,18). The van der Waals surface area contributed by atoms with Crippen LogP contribution in [0.5, 0.6) is 0 Å². The molecule has 0 bridgehead atoms. The Morgan fingerprint density at radius 3 is 2.75 bits per heavy atom. The van der Waals surface area contributed by atoms with Crippen molar-refractivity contribution in [3.8, 4) is 0 Å². The number of hydrogen-bond donors (Lipinski definition) is 1. The first-order valence-electron chi connectivity index (χ1n) is 5.92. The third-order valence-electron chi connectivity index (χ3n) is 2.52. The van der Waals surface area contributed by atoms with Gasteiger partial charge in [0, 0.05) is 25.7 Å². The highest BCUT2D eigenvalue weighted by Gasteiger charge is 2.18. The van der Waals surface area contributed by atoms with E-state index in [1.807, 2.05) is 0 Å². The van der Waals surface area contributed by atoms with Crippen molar-refractivity contribution in [2.75, 3.05) is 33.9 Å². The predicted molar refractivity (Wildman–Crippen MR) is 73.3 cm³/mol. The van der Waals surface area contributed by atoms with Crippen LogP contribution in [0.2, 0.25) is 5.02 Å². The van der Waals surface area contributed by atoms with Crippen molar-refractivity contribution in [1.82, 2.24) is 10.2 Å². The molecule has 0 heterocycles. The van der Waals surface area contributed by atoms with Gasteiger partial charge in [0.2, 0.25) is 5.91 Å². The molecular formula is C13H16ClFN2O3. The Kier molecular flexibility index (Phi) is 6.41. The summed E-state index contributed by atoms with van der Waals surface area (Å²) in [6.07, 6.45) is 0. The van der Waals surface area contributed by atoms with Gasteiger partial charge in [-0.1, -0.05) is 11.6 Å². The van der Waals surface area contributed by atoms with Crippen LogP contribution in [0, 0.1) is 5.82 Å². The second-order valence-electron chi connectivity index (χ2n) is 4.13. The smallest absolute Gasteiger partial charge is 0.257 e. The fourth-order valence-electron chi connectivity index (χ4n) is 1.50. The minimum atomic E-state index is -0.714. The number of methoxy groups -OCH3 is 1. The number of halogens is 2. The number of hydrogen-bond acceptors (Lipinski definition) is 3. The lowest BCUT2D eigenvalue weighted by Crippen LogP contribution is -2.39. The Balaban J connectivity index is 2.60. The molecule has 20 heavy (non-hydrogen) atoms. The lowest BCUT2D eigenvalue weighted by atomic mass is 10.2. The molecule has 0 unspecified atom stereocenters. The van der Waals surface area contributed by atoms with Crippen molar-refractivity contribution in [3.63, 3.8) is 0 Å². The van der Waals surface area contributed by atoms with Crippen LogP contribution in [0.3, 0.4) is 0 Å². The lowest BCUT2D eigenvalue weighted by Gasteiger charge is -2.17. The molecule has 1 aromatic rings. The molecule has 1 rings (SSSR count). The van der Waals surface area contributed by atoms with E-state index in [-0.39, 0.29) is 23.0 Å². The lowest BCUT2D eigenvalue weighted by molar-refractivity contribution is -0.121. The molecule has 1 aromatic carbocycles. The summed E-state index contributed by atoms with van der Waals surface area (Å²) in [6.45, 7) is 0.576. The van der Waals surface area contributed by atoms with Gasteiger partial charge in [-0.25, -0.2) is 4.39 Å². The van der Waals surface area contributed by atoms with Crippen LogP contribution in [-0.4, -0.2) is 50.6 Å². The summed E-state index contributed by atoms with van der Waals surface area (Å²) in [5.74, 6) is -1.64. The number of ether oxygens (including phenoxy) is 1. The Labute approximate surface area is 121 Å². The molecule has 0 saturated heterocycles. The van der Waals surface area contributed by atoms with E-state index in [1.54, 1.807) is 0 Å². The van der Waals surface area contributed by atoms with Gasteiger partial charge < -0.3 is 15.0 Å². The van der Waals surface area contributed by atoms with Crippen molar-refractivity contribution in [3.05, 3.63) is 34.6 Å². The quantitative estimate of drug-likeness (QED) is 0.806. The maximum Gasteiger partial charge on any atom is 0.257 e. The molecule has 0 aromatic heterocycles. The zero-order valence-corrected chi connectivity index (χ0v) is 12.0. The number of rotatable bonds is 6. The van der Waals surface area contributed by atoms with Gasteiger partial charge in [-0.2, -0.15) is 0 Å². The number of carbonyl (C=O) groups is 2. The topological polar surface area (TPSA) is 58.6 Å². The van der Waals surface area contributed by atoms with Crippen molar-refractivity contribution in [1.29, 1.82) is 0 Å². The Bertz CT molecular complexity index is 497. The van der Waals surface area contributed by atoms with Gasteiger partial charge in [-0.15, -0.1) is 0 Å². The third-order valence-corrected chi connectivity index (χ3v) is 2.75. The SMILES string of the molecule is COCCNC(=O)CN(C)C(=O)c1ccc(Cl)cc1F. The molecule has 0 spiro atoms. The van der Waals surface area contributed by atoms with Gasteiger partial charge in [0.1, 0.15) is 5.82 Å². The minimum absolute atomic E-state index is 0.124. The Morgan fingerprint density at radius 1 is 1.45 bits per heavy atom. The van der Waals surface area contributed by atoms with Crippen LogP contribution >= 0.6 is 11.6 Å². The molecular weight excluding hydrogens is 287 g/mol. The summed E-state index contributed by atoms with van der Waals surface area (Å²) in [6, 6.07) is 3.77. The van der Waals surface area contributed by atoms with Gasteiger partial charge in [-0.3, -0.25) is 9.59 Å². The number of amides is 2. The summed E-state index contributed by atoms with van der Waals surface area (Å²) in [5.41, 5.74) is -0.124. The first-order valence-corrected chi connectivity index (χ1v) is 6.29. The van der Waals surface area contributed by atoms with Gasteiger partial charge in [-0.05, 0) is 18.2 Å². The van der Waals surface area contributed by atoms with Crippen LogP contribution < -0.4 is 5.32 Å². The van der Waals surface area contributed by atoms with Crippen molar-refractivity contribution in [2.24, 2.45) is 0 Å². The van der Waals surface area contributed by atoms with Gasteiger partial charge in [0.25, 0.3) is 5.91 Å². The van der Waals surface area contributed by atoms with E-state index in [1.165, 1.54) is 26.3 Å². The van der Waals surface area contributed by atoms with Crippen molar-refractivity contribution < 1.29 is 18.7 Å². The first-order chi connectivity index (χ1) is 9.45. The maximum absolute atomic E-state index is 13.6. The molecule has 0 radical (unpaired) electrons. The van der Waals surface area contributed by atoms with E-state index in [0.29, 0.717) is 13.2 Å². The first kappa shape index (κ1) is 16.4. The fourth-order valence-corrected chi connectivity index (χ4v) is 1.66. The molecule has 110 valence electrons. The summed E-state index contributed by atoms with van der Waals surface area (Å²) < 4.78 is 18.4. The third kappa shape index (κ3) is 4.79. The summed E-state index contributed by atoms with van der Waals surface area (Å²) in [4.78, 5) is 24.6. The number of nitrogens with zero attached hydrogens (tertiary/aromatic N) is 1. The normalized spacial score (nSPS) is 10.2. The van der Waals surface area contributed by atoms with Crippen LogP contribution in [0.1, 0.15) is 10.4 Å². The van der Waals surface area contributed by atoms with E-state index in [9.17, 15) is 14.0 Å². The second kappa shape index (κ2) is 7.81. The molecule has 5 nitrogen and oxygen atoms in total. The van der Waals surface area contributed by atoms with Crippen LogP contribution in [0.4, 0.5) is 4.39 Å². The summed E-state index contributed by atoms with van der Waals surface area (Å²) in [5, 5.41) is 2.78. The zero-order valence-electron chi connectivity index (χ0n) is 11.3. The van der Waals surface area contributed by atoms with Crippen LogP contribution in [0.15, 0.2) is 18.2 Å². The fraction of sp³-hybridized carbons (Fsp3) is 0.385. The van der Waals surface area contributed by atoms with Gasteiger partial charge >= 0.3 is 0 Å². The van der Waals surface area contributed by atoms with E-state index in [0.717, 1.165) is 11.0 Å². The molecule has 1 N–H and O–H groups in total. The monoisotopic (exact) mass is 302 g/mol. The highest BCUT2D eigenvalue weighted by atomic mass is 35.5. The van der Waals surface area contributed by atoms with Gasteiger partial charge in [0.05, 0.1) is 18.7 Å². The number of carbonyl (C=O) groups excluding carboxylic acids is 2. The molecule has 0 aliphatic carbocycles. The molecule has 0 aliphatic heterocycles. The minimum Gasteiger partial charge on any atom is -0.383 e. The summed E-state index contributed by atoms with van der Waals surface area (Å²) >= 11 is 5.62. The molecule has 0 saturated carbocycles. The molecule has 0 aliphatic rings. The highest BCUT2D eigenvalue weighted by molar-refractivity contribution is 6.30. The molecule has 2 amide bonds. The van der Waals surface area contributed by atoms with E-state index in [2.05, 4.69) is 5.32 Å². The van der Waals surface area contributed by atoms with E-state index >= 15 is 0 Å². The summed E-state index contributed by atoms with van der Waals surface area (Å²) in [7, 11) is 2.94. The van der Waals surface area contributed by atoms with Crippen molar-refractivity contribution in [2.45, 2.75) is 0 Å². The zero-order chi connectivity index (χ0) is 15.1. The number of likely N-dealkylation sites (N-methyl/N-ethyl adjacent to an activating group) is 1. The number of benzene rings is 1. The molecule has 7 heteroatoms. The molecule has 0 fully saturated rings. The molecule has 0 atom stereocenters. The number of nitrogens with one attached hydrogen (secondary N) is 1. The van der Waals surface area contributed by atoms with E-state index < -0.39 is 11.7 Å². The second-order valence-corrected chi connectivity index (χ2v) is 4.56. The largest absolute Gasteiger partial charge is 0.383 e. The maximum atomic E-state index is 13.6. The highest BCUT2D eigenvalue weighted by Crippen LogP contribution is 2.15. The average Bonchev–Trinajstić information content (AvgIpc) is 2.38. The van der Waals surface area contributed by atoms with Crippen LogP contribution in [-0.2, 0) is 9.53 Å².